The van der Waals surface area contributed by atoms with Crippen molar-refractivity contribution >= 4 is 17.6 Å². The van der Waals surface area contributed by atoms with Gasteiger partial charge in [-0.05, 0) is 74.1 Å². The van der Waals surface area contributed by atoms with Crippen molar-refractivity contribution in [2.24, 2.45) is 5.92 Å². The zero-order valence-electron chi connectivity index (χ0n) is 16.6. The van der Waals surface area contributed by atoms with E-state index < -0.39 is 11.6 Å². The Kier molecular flexibility index (Phi) is 5.73. The van der Waals surface area contributed by atoms with Crippen LogP contribution in [-0.4, -0.2) is 22.6 Å². The highest BCUT2D eigenvalue weighted by atomic mass is 16.5. The maximum atomic E-state index is 12.3. The lowest BCUT2D eigenvalue weighted by Gasteiger charge is -2.30. The van der Waals surface area contributed by atoms with E-state index in [1.807, 2.05) is 45.0 Å². The molecule has 0 heterocycles. The first-order chi connectivity index (χ1) is 13.3. The van der Waals surface area contributed by atoms with E-state index >= 15 is 0 Å². The highest BCUT2D eigenvalue weighted by Gasteiger charge is 2.49. The van der Waals surface area contributed by atoms with Gasteiger partial charge in [0.05, 0.1) is 6.42 Å². The van der Waals surface area contributed by atoms with Gasteiger partial charge < -0.3 is 15.2 Å². The Morgan fingerprint density at radius 2 is 1.79 bits per heavy atom. The molecule has 0 bridgehead atoms. The summed E-state index contributed by atoms with van der Waals surface area (Å²) in [5.74, 6) is -0.512. The lowest BCUT2D eigenvalue weighted by molar-refractivity contribution is -0.158. The number of rotatable bonds is 6. The maximum Gasteiger partial charge on any atom is 0.348 e. The molecule has 0 saturated heterocycles. The number of aliphatic carboxylic acids is 1. The number of aryl methyl sites for hydroxylation is 2. The first-order valence-corrected chi connectivity index (χ1v) is 9.68. The normalized spacial score (nSPS) is 21.3. The molecule has 1 saturated carbocycles. The highest BCUT2D eigenvalue weighted by molar-refractivity contribution is 5.92. The predicted molar refractivity (Wildman–Crippen MR) is 109 cm³/mol. The molecule has 2 aromatic rings. The number of anilines is 1. The Labute approximate surface area is 165 Å². The van der Waals surface area contributed by atoms with Crippen LogP contribution < -0.4 is 10.1 Å². The molecular weight excluding hydrogens is 354 g/mol. The molecule has 5 heteroatoms. The monoisotopic (exact) mass is 381 g/mol. The SMILES string of the molecule is Cc1cc(C)cc(NC(=O)Cc2ccc(O[C@@]3(C(=O)O)CCC[C@H]3C)cc2)c1. The van der Waals surface area contributed by atoms with E-state index in [1.54, 1.807) is 12.1 Å². The number of carboxylic acids is 1. The first kappa shape index (κ1) is 19.9. The molecule has 148 valence electrons. The second-order valence-electron chi connectivity index (χ2n) is 7.84. The molecule has 0 unspecified atom stereocenters. The number of carbonyl (C=O) groups is 2. The van der Waals surface area contributed by atoms with Crippen molar-refractivity contribution in [3.05, 3.63) is 59.2 Å². The average molecular weight is 381 g/mol. The van der Waals surface area contributed by atoms with Gasteiger partial charge in [-0.15, -0.1) is 0 Å². The van der Waals surface area contributed by atoms with E-state index in [9.17, 15) is 14.7 Å². The van der Waals surface area contributed by atoms with E-state index in [0.29, 0.717) is 12.2 Å². The van der Waals surface area contributed by atoms with Crippen LogP contribution in [0.3, 0.4) is 0 Å². The Balaban J connectivity index is 1.64. The molecular formula is C23H27NO4. The van der Waals surface area contributed by atoms with Crippen LogP contribution in [0, 0.1) is 19.8 Å². The molecule has 28 heavy (non-hydrogen) atoms. The standard InChI is InChI=1S/C23H27NO4/c1-15-11-16(2)13-19(12-15)24-21(25)14-18-6-8-20(9-7-18)28-23(22(26)27)10-4-5-17(23)3/h6-9,11-13,17H,4-5,10,14H2,1-3H3,(H,24,25)(H,26,27)/t17-,23+/m1/s1. The van der Waals surface area contributed by atoms with Gasteiger partial charge in [-0.2, -0.15) is 0 Å². The molecule has 1 fully saturated rings. The minimum Gasteiger partial charge on any atom is -0.478 e. The Morgan fingerprint density at radius 1 is 1.14 bits per heavy atom. The minimum absolute atomic E-state index is 0.0340. The molecule has 3 rings (SSSR count). The smallest absolute Gasteiger partial charge is 0.348 e. The van der Waals surface area contributed by atoms with Gasteiger partial charge >= 0.3 is 5.97 Å². The molecule has 0 aromatic heterocycles. The van der Waals surface area contributed by atoms with Crippen LogP contribution in [0.2, 0.25) is 0 Å². The molecule has 5 nitrogen and oxygen atoms in total. The number of carboxylic acid groups (broad SMARTS) is 1. The summed E-state index contributed by atoms with van der Waals surface area (Å²) in [5, 5.41) is 12.6. The zero-order valence-corrected chi connectivity index (χ0v) is 16.6. The van der Waals surface area contributed by atoms with Crippen LogP contribution >= 0.6 is 0 Å². The zero-order chi connectivity index (χ0) is 20.3. The summed E-state index contributed by atoms with van der Waals surface area (Å²) in [5.41, 5.74) is 2.69. The fraction of sp³-hybridized carbons (Fsp3) is 0.391. The van der Waals surface area contributed by atoms with Gasteiger partial charge in [-0.25, -0.2) is 4.79 Å². The Morgan fingerprint density at radius 3 is 2.32 bits per heavy atom. The van der Waals surface area contributed by atoms with Gasteiger partial charge in [0.2, 0.25) is 11.5 Å². The van der Waals surface area contributed by atoms with Gasteiger partial charge in [-0.3, -0.25) is 4.79 Å². The number of hydrogen-bond donors (Lipinski definition) is 2. The maximum absolute atomic E-state index is 12.3. The quantitative estimate of drug-likeness (QED) is 0.772. The molecule has 0 spiro atoms. The molecule has 2 N–H and O–H groups in total. The second-order valence-corrected chi connectivity index (χ2v) is 7.84. The number of hydrogen-bond acceptors (Lipinski definition) is 3. The lowest BCUT2D eigenvalue weighted by Crippen LogP contribution is -2.46. The highest BCUT2D eigenvalue weighted by Crippen LogP contribution is 2.39. The molecule has 2 aromatic carbocycles. The van der Waals surface area contributed by atoms with E-state index in [1.165, 1.54) is 0 Å². The third kappa shape index (κ3) is 4.35. The molecule has 2 atom stereocenters. The Bertz CT molecular complexity index is 854. The summed E-state index contributed by atoms with van der Waals surface area (Å²) >= 11 is 0. The molecule has 0 aliphatic heterocycles. The van der Waals surface area contributed by atoms with Crippen molar-refractivity contribution < 1.29 is 19.4 Å². The molecule has 1 aliphatic rings. The number of carbonyl (C=O) groups excluding carboxylic acids is 1. The van der Waals surface area contributed by atoms with Crippen LogP contribution in [0.5, 0.6) is 5.75 Å². The third-order valence-corrected chi connectivity index (χ3v) is 5.44. The van der Waals surface area contributed by atoms with Gasteiger partial charge in [0.25, 0.3) is 0 Å². The fourth-order valence-electron chi connectivity index (χ4n) is 3.99. The summed E-state index contributed by atoms with van der Waals surface area (Å²) < 4.78 is 5.92. The van der Waals surface area contributed by atoms with Gasteiger partial charge in [0.1, 0.15) is 5.75 Å². The van der Waals surface area contributed by atoms with Crippen molar-refractivity contribution in [2.45, 2.75) is 52.1 Å². The molecule has 1 amide bonds. The van der Waals surface area contributed by atoms with Crippen molar-refractivity contribution in [1.82, 2.24) is 0 Å². The van der Waals surface area contributed by atoms with Crippen LogP contribution in [-0.2, 0) is 16.0 Å². The summed E-state index contributed by atoms with van der Waals surface area (Å²) in [6.07, 6.45) is 2.46. The summed E-state index contributed by atoms with van der Waals surface area (Å²) in [6, 6.07) is 13.1. The number of benzene rings is 2. The summed E-state index contributed by atoms with van der Waals surface area (Å²) in [4.78, 5) is 24.1. The van der Waals surface area contributed by atoms with Crippen LogP contribution in [0.15, 0.2) is 42.5 Å². The fourth-order valence-corrected chi connectivity index (χ4v) is 3.99. The van der Waals surface area contributed by atoms with Crippen LogP contribution in [0.25, 0.3) is 0 Å². The Hall–Kier alpha value is -2.82. The second kappa shape index (κ2) is 8.05. The van der Waals surface area contributed by atoms with Crippen molar-refractivity contribution in [3.8, 4) is 5.75 Å². The largest absolute Gasteiger partial charge is 0.478 e. The van der Waals surface area contributed by atoms with Crippen molar-refractivity contribution in [2.75, 3.05) is 5.32 Å². The van der Waals surface area contributed by atoms with E-state index in [4.69, 9.17) is 4.74 Å². The van der Waals surface area contributed by atoms with Crippen LogP contribution in [0.1, 0.15) is 42.9 Å². The third-order valence-electron chi connectivity index (χ3n) is 5.44. The van der Waals surface area contributed by atoms with Gasteiger partial charge in [-0.1, -0.05) is 25.1 Å². The topological polar surface area (TPSA) is 75.6 Å². The summed E-state index contributed by atoms with van der Waals surface area (Å²) in [6.45, 7) is 5.92. The summed E-state index contributed by atoms with van der Waals surface area (Å²) in [7, 11) is 0. The van der Waals surface area contributed by atoms with Crippen molar-refractivity contribution in [1.29, 1.82) is 0 Å². The number of nitrogens with one attached hydrogen (secondary N) is 1. The predicted octanol–water partition coefficient (Wildman–Crippen LogP) is 4.51. The van der Waals surface area contributed by atoms with Gasteiger partial charge in [0.15, 0.2) is 0 Å². The molecule has 0 radical (unpaired) electrons. The lowest BCUT2D eigenvalue weighted by atomic mass is 9.92. The van der Waals surface area contributed by atoms with E-state index in [2.05, 4.69) is 11.4 Å². The van der Waals surface area contributed by atoms with Crippen molar-refractivity contribution in [3.63, 3.8) is 0 Å². The van der Waals surface area contributed by atoms with E-state index in [0.717, 1.165) is 35.2 Å². The minimum atomic E-state index is -1.15. The number of amides is 1. The van der Waals surface area contributed by atoms with Gasteiger partial charge in [0, 0.05) is 11.6 Å². The van der Waals surface area contributed by atoms with Crippen LogP contribution in [0.4, 0.5) is 5.69 Å². The molecule has 1 aliphatic carbocycles. The average Bonchev–Trinajstić information content (AvgIpc) is 2.97. The first-order valence-electron chi connectivity index (χ1n) is 9.68. The van der Waals surface area contributed by atoms with E-state index in [-0.39, 0.29) is 18.2 Å². The number of ether oxygens (including phenoxy) is 1.